The Kier molecular flexibility index (Phi) is 3.05. The molecular formula is C14H19N3O2S. The van der Waals surface area contributed by atoms with Crippen molar-refractivity contribution in [1.29, 1.82) is 0 Å². The number of hydrogen-bond donors (Lipinski definition) is 1. The zero-order valence-corrected chi connectivity index (χ0v) is 12.2. The van der Waals surface area contributed by atoms with Gasteiger partial charge in [0.25, 0.3) is 0 Å². The van der Waals surface area contributed by atoms with Gasteiger partial charge in [0, 0.05) is 37.6 Å². The second-order valence-corrected chi connectivity index (χ2v) is 7.11. The van der Waals surface area contributed by atoms with Gasteiger partial charge in [-0.1, -0.05) is 0 Å². The summed E-state index contributed by atoms with van der Waals surface area (Å²) in [5.74, 6) is -1.09. The molecule has 0 spiro atoms. The molecule has 0 saturated carbocycles. The Morgan fingerprint density at radius 2 is 2.10 bits per heavy atom. The van der Waals surface area contributed by atoms with Crippen LogP contribution in [0.1, 0.15) is 40.4 Å². The van der Waals surface area contributed by atoms with Crippen molar-refractivity contribution in [3.63, 3.8) is 0 Å². The van der Waals surface area contributed by atoms with E-state index in [1.807, 2.05) is 0 Å². The molecule has 6 heteroatoms. The molecule has 3 saturated heterocycles. The average Bonchev–Trinajstić information content (AvgIpc) is 2.92. The summed E-state index contributed by atoms with van der Waals surface area (Å²) in [6.07, 6.45) is 2.73. The van der Waals surface area contributed by atoms with Gasteiger partial charge in [-0.2, -0.15) is 0 Å². The van der Waals surface area contributed by atoms with Crippen molar-refractivity contribution in [2.24, 2.45) is 0 Å². The number of nitrogens with zero attached hydrogens (tertiary/aromatic N) is 3. The van der Waals surface area contributed by atoms with Gasteiger partial charge in [-0.05, 0) is 19.3 Å². The minimum absolute atomic E-state index is 0.375. The summed E-state index contributed by atoms with van der Waals surface area (Å²) in [4.78, 5) is 22.4. The zero-order valence-electron chi connectivity index (χ0n) is 11.4. The molecule has 4 aliphatic rings. The molecule has 20 heavy (non-hydrogen) atoms. The van der Waals surface area contributed by atoms with E-state index >= 15 is 0 Å². The highest BCUT2D eigenvalue weighted by atomic mass is 32.1. The third-order valence-corrected chi connectivity index (χ3v) is 6.06. The van der Waals surface area contributed by atoms with Gasteiger partial charge in [0.15, 0.2) is 0 Å². The van der Waals surface area contributed by atoms with Crippen LogP contribution in [0.25, 0.3) is 0 Å². The Hall–Kier alpha value is -0.980. The van der Waals surface area contributed by atoms with Crippen LogP contribution < -0.4 is 0 Å². The summed E-state index contributed by atoms with van der Waals surface area (Å²) in [5.41, 5.74) is 0.862. The predicted molar refractivity (Wildman–Crippen MR) is 76.2 cm³/mol. The second kappa shape index (κ2) is 4.79. The summed E-state index contributed by atoms with van der Waals surface area (Å²) in [5, 5.41) is 10.5. The van der Waals surface area contributed by atoms with Crippen LogP contribution in [0, 0.1) is 0 Å². The molecule has 1 aliphatic carbocycles. The van der Waals surface area contributed by atoms with Gasteiger partial charge in [-0.15, -0.1) is 11.3 Å². The molecule has 1 aromatic rings. The number of thiazole rings is 1. The van der Waals surface area contributed by atoms with Crippen LogP contribution in [-0.2, 0) is 11.2 Å². The minimum Gasteiger partial charge on any atom is -0.481 e. The van der Waals surface area contributed by atoms with E-state index in [1.54, 1.807) is 11.3 Å². The van der Waals surface area contributed by atoms with Gasteiger partial charge in [0.2, 0.25) is 0 Å². The van der Waals surface area contributed by atoms with Crippen molar-refractivity contribution in [3.05, 3.63) is 15.6 Å². The Morgan fingerprint density at radius 3 is 2.75 bits per heavy atom. The summed E-state index contributed by atoms with van der Waals surface area (Å²) >= 11 is 1.76. The van der Waals surface area contributed by atoms with Gasteiger partial charge in [0.1, 0.15) is 5.01 Å². The van der Waals surface area contributed by atoms with Crippen molar-refractivity contribution in [2.45, 2.75) is 31.2 Å². The lowest BCUT2D eigenvalue weighted by Gasteiger charge is -2.46. The van der Waals surface area contributed by atoms with E-state index in [-0.39, 0.29) is 5.92 Å². The normalized spacial score (nSPS) is 35.8. The fourth-order valence-electron chi connectivity index (χ4n) is 3.67. The number of aromatic nitrogens is 1. The molecule has 2 bridgehead atoms. The Bertz CT molecular complexity index is 537. The van der Waals surface area contributed by atoms with E-state index in [1.165, 1.54) is 18.0 Å². The topological polar surface area (TPSA) is 56.7 Å². The number of piperazine rings is 3. The number of aryl methyl sites for hydroxylation is 1. The van der Waals surface area contributed by atoms with E-state index < -0.39 is 5.97 Å². The molecule has 3 aliphatic heterocycles. The second-order valence-electron chi connectivity index (χ2n) is 6.00. The first-order valence-corrected chi connectivity index (χ1v) is 8.23. The van der Waals surface area contributed by atoms with Gasteiger partial charge >= 0.3 is 5.97 Å². The molecular weight excluding hydrogens is 274 g/mol. The molecule has 1 N–H and O–H groups in total. The highest BCUT2D eigenvalue weighted by Crippen LogP contribution is 2.39. The van der Waals surface area contributed by atoms with E-state index in [9.17, 15) is 9.90 Å². The number of rotatable bonds is 2. The smallest absolute Gasteiger partial charge is 0.312 e. The fraction of sp³-hybridized carbons (Fsp3) is 0.714. The number of hydrogen-bond acceptors (Lipinski definition) is 5. The third-order valence-electron chi connectivity index (χ3n) is 4.83. The van der Waals surface area contributed by atoms with Crippen LogP contribution in [0.15, 0.2) is 0 Å². The third kappa shape index (κ3) is 1.98. The maximum atomic E-state index is 11.4. The van der Waals surface area contributed by atoms with E-state index in [4.69, 9.17) is 4.98 Å². The molecule has 108 valence electrons. The van der Waals surface area contributed by atoms with E-state index in [2.05, 4.69) is 9.80 Å². The quantitative estimate of drug-likeness (QED) is 0.891. The molecule has 0 aromatic carbocycles. The van der Waals surface area contributed by atoms with Gasteiger partial charge in [-0.25, -0.2) is 4.98 Å². The van der Waals surface area contributed by atoms with E-state index in [0.29, 0.717) is 6.04 Å². The first-order valence-electron chi connectivity index (χ1n) is 7.41. The van der Waals surface area contributed by atoms with Crippen molar-refractivity contribution >= 4 is 17.3 Å². The van der Waals surface area contributed by atoms with Gasteiger partial charge < -0.3 is 5.11 Å². The maximum Gasteiger partial charge on any atom is 0.312 e. The Labute approximate surface area is 122 Å². The molecule has 3 fully saturated rings. The number of fused-ring (bicyclic) bond motifs is 4. The Morgan fingerprint density at radius 1 is 1.30 bits per heavy atom. The Balaban J connectivity index is 1.66. The molecule has 5 nitrogen and oxygen atoms in total. The highest BCUT2D eigenvalue weighted by Gasteiger charge is 2.37. The van der Waals surface area contributed by atoms with Crippen LogP contribution in [0.5, 0.6) is 0 Å². The standard InChI is InChI=1S/C14H19N3O2S/c18-14(19)9-2-1-3-11-12(9)15-13(20-11)10-8-16-4-6-17(10)7-5-16/h9-10H,1-8H2,(H,18,19). The molecule has 1 aromatic heterocycles. The maximum absolute atomic E-state index is 11.4. The van der Waals surface area contributed by atoms with Crippen LogP contribution >= 0.6 is 11.3 Å². The number of carbonyl (C=O) groups is 1. The number of carboxylic acid groups (broad SMARTS) is 1. The SMILES string of the molecule is O=C(O)C1CCCc2sc(C3CN4CCN3CC4)nc21. The molecule has 5 rings (SSSR count). The highest BCUT2D eigenvalue weighted by molar-refractivity contribution is 7.11. The minimum atomic E-state index is -0.711. The lowest BCUT2D eigenvalue weighted by Crippen LogP contribution is -2.56. The molecule has 2 atom stereocenters. The summed E-state index contributed by atoms with van der Waals surface area (Å²) in [6.45, 7) is 5.64. The van der Waals surface area contributed by atoms with Crippen molar-refractivity contribution in [2.75, 3.05) is 32.7 Å². The van der Waals surface area contributed by atoms with Crippen molar-refractivity contribution < 1.29 is 9.90 Å². The fourth-order valence-corrected chi connectivity index (χ4v) is 4.97. The first-order chi connectivity index (χ1) is 9.72. The lowest BCUT2D eigenvalue weighted by molar-refractivity contribution is -0.139. The largest absolute Gasteiger partial charge is 0.481 e. The molecule has 4 heterocycles. The molecule has 2 unspecified atom stereocenters. The van der Waals surface area contributed by atoms with Crippen molar-refractivity contribution in [1.82, 2.24) is 14.8 Å². The summed E-state index contributed by atoms with van der Waals surface area (Å²) in [6, 6.07) is 0.391. The average molecular weight is 293 g/mol. The number of aliphatic carboxylic acids is 1. The number of carboxylic acids is 1. The summed E-state index contributed by atoms with van der Waals surface area (Å²) < 4.78 is 0. The molecule has 0 radical (unpaired) electrons. The van der Waals surface area contributed by atoms with E-state index in [0.717, 1.165) is 49.6 Å². The van der Waals surface area contributed by atoms with Crippen LogP contribution in [0.2, 0.25) is 0 Å². The lowest BCUT2D eigenvalue weighted by atomic mass is 9.91. The van der Waals surface area contributed by atoms with Crippen LogP contribution in [0.4, 0.5) is 0 Å². The summed E-state index contributed by atoms with van der Waals surface area (Å²) in [7, 11) is 0. The monoisotopic (exact) mass is 293 g/mol. The first kappa shape index (κ1) is 12.7. The zero-order chi connectivity index (χ0) is 13.7. The van der Waals surface area contributed by atoms with Gasteiger partial charge in [-0.3, -0.25) is 14.6 Å². The molecule has 0 amide bonds. The van der Waals surface area contributed by atoms with Gasteiger partial charge in [0.05, 0.1) is 17.7 Å². The predicted octanol–water partition coefficient (Wildman–Crippen LogP) is 1.32. The van der Waals surface area contributed by atoms with Crippen LogP contribution in [-0.4, -0.2) is 58.6 Å². The van der Waals surface area contributed by atoms with Crippen LogP contribution in [0.3, 0.4) is 0 Å². The van der Waals surface area contributed by atoms with Crippen molar-refractivity contribution in [3.8, 4) is 0 Å².